The molecule has 24 heavy (non-hydrogen) atoms. The Hall–Kier alpha value is -0.780. The third-order valence-electron chi connectivity index (χ3n) is 2.55. The molecule has 0 fully saturated rings. The summed E-state index contributed by atoms with van der Waals surface area (Å²) in [6.07, 6.45) is 0. The molecule has 0 amide bonds. The molecular formula is C14H17NaO7S2. The van der Waals surface area contributed by atoms with Crippen LogP contribution in [0.4, 0.5) is 0 Å². The zero-order valence-electron chi connectivity index (χ0n) is 13.9. The van der Waals surface area contributed by atoms with Crippen molar-refractivity contribution >= 4 is 21.5 Å². The van der Waals surface area contributed by atoms with Crippen molar-refractivity contribution in [3.8, 4) is 5.75 Å². The van der Waals surface area contributed by atoms with Crippen LogP contribution in [0.3, 0.4) is 0 Å². The summed E-state index contributed by atoms with van der Waals surface area (Å²) < 4.78 is 59.2. The summed E-state index contributed by atoms with van der Waals surface area (Å²) in [7, 11) is -4.06. The molecule has 0 spiro atoms. The number of rotatable bonds is 5. The monoisotopic (exact) mass is 384 g/mol. The average molecular weight is 384 g/mol. The van der Waals surface area contributed by atoms with Crippen LogP contribution >= 0.6 is 0 Å². The molecule has 0 bridgehead atoms. The van der Waals surface area contributed by atoms with E-state index in [2.05, 4.69) is 0 Å². The Balaban J connectivity index is 0. The Bertz CT molecular complexity index is 738. The van der Waals surface area contributed by atoms with Gasteiger partial charge in [-0.25, -0.2) is 0 Å². The van der Waals surface area contributed by atoms with E-state index in [1.54, 1.807) is 24.3 Å². The SMILES string of the molecule is O=S(=O)(O)Cc1ccccc1OCc1ccccc1.O=S(O)O.[H-].[Na+]. The van der Waals surface area contributed by atoms with Gasteiger partial charge in [-0.1, -0.05) is 48.5 Å². The third-order valence-corrected chi connectivity index (χ3v) is 3.22. The maximum atomic E-state index is 10.9. The molecule has 2 rings (SSSR count). The second-order valence-electron chi connectivity index (χ2n) is 4.34. The first-order valence-corrected chi connectivity index (χ1v) is 8.95. The van der Waals surface area contributed by atoms with Gasteiger partial charge in [-0.05, 0) is 11.6 Å². The molecule has 0 aliphatic heterocycles. The summed E-state index contributed by atoms with van der Waals surface area (Å²) in [5, 5.41) is 0. The van der Waals surface area contributed by atoms with Crippen LogP contribution in [-0.2, 0) is 33.8 Å². The maximum Gasteiger partial charge on any atom is 1.00 e. The summed E-state index contributed by atoms with van der Waals surface area (Å²) >= 11 is -2.61. The molecule has 0 unspecified atom stereocenters. The van der Waals surface area contributed by atoms with Gasteiger partial charge in [0.1, 0.15) is 18.1 Å². The Morgan fingerprint density at radius 1 is 1.00 bits per heavy atom. The number of para-hydroxylation sites is 1. The smallest absolute Gasteiger partial charge is 1.00 e. The maximum absolute atomic E-state index is 10.9. The fraction of sp³-hybridized carbons (Fsp3) is 0.143. The van der Waals surface area contributed by atoms with Crippen LogP contribution in [0.1, 0.15) is 12.6 Å². The summed E-state index contributed by atoms with van der Waals surface area (Å²) in [5.41, 5.74) is 1.44. The molecule has 0 atom stereocenters. The second-order valence-corrected chi connectivity index (χ2v) is 6.25. The van der Waals surface area contributed by atoms with Crippen molar-refractivity contribution in [3.63, 3.8) is 0 Å². The van der Waals surface area contributed by atoms with E-state index in [-0.39, 0.29) is 31.0 Å². The predicted octanol–water partition coefficient (Wildman–Crippen LogP) is -0.549. The van der Waals surface area contributed by atoms with Gasteiger partial charge in [0.25, 0.3) is 21.5 Å². The van der Waals surface area contributed by atoms with E-state index in [1.807, 2.05) is 30.3 Å². The van der Waals surface area contributed by atoms with E-state index in [0.717, 1.165) is 5.56 Å². The van der Waals surface area contributed by atoms with Crippen molar-refractivity contribution in [2.45, 2.75) is 12.4 Å². The first-order valence-electron chi connectivity index (χ1n) is 6.27. The number of hydrogen-bond acceptors (Lipinski definition) is 4. The van der Waals surface area contributed by atoms with Crippen LogP contribution in [0.2, 0.25) is 0 Å². The molecule has 2 aromatic carbocycles. The zero-order chi connectivity index (χ0) is 17.3. The van der Waals surface area contributed by atoms with Gasteiger partial charge in [-0.2, -0.15) is 12.6 Å². The number of benzene rings is 2. The van der Waals surface area contributed by atoms with Crippen molar-refractivity contribution in [1.82, 2.24) is 0 Å². The first-order chi connectivity index (χ1) is 10.8. The van der Waals surface area contributed by atoms with E-state index >= 15 is 0 Å². The summed E-state index contributed by atoms with van der Waals surface area (Å²) in [4.78, 5) is 0. The van der Waals surface area contributed by atoms with Gasteiger partial charge in [0.15, 0.2) is 0 Å². The second kappa shape index (κ2) is 11.7. The van der Waals surface area contributed by atoms with Crippen LogP contribution < -0.4 is 34.3 Å². The minimum atomic E-state index is -4.06. The topological polar surface area (TPSA) is 121 Å². The Morgan fingerprint density at radius 3 is 2.04 bits per heavy atom. The van der Waals surface area contributed by atoms with Crippen molar-refractivity contribution in [2.75, 3.05) is 0 Å². The Kier molecular flexibility index (Phi) is 11.3. The van der Waals surface area contributed by atoms with E-state index in [0.29, 0.717) is 17.9 Å². The van der Waals surface area contributed by atoms with E-state index in [4.69, 9.17) is 22.6 Å². The van der Waals surface area contributed by atoms with Gasteiger partial charge in [0.05, 0.1) is 0 Å². The molecule has 10 heteroatoms. The molecule has 0 saturated carbocycles. The van der Waals surface area contributed by atoms with Gasteiger partial charge in [0, 0.05) is 5.56 Å². The zero-order valence-corrected chi connectivity index (χ0v) is 16.5. The molecule has 0 radical (unpaired) electrons. The fourth-order valence-electron chi connectivity index (χ4n) is 1.70. The standard InChI is InChI=1S/C14H14O4S.Na.H2O3S.H/c15-19(16,17)11-13-8-4-5-9-14(13)18-10-12-6-2-1-3-7-12;;1-4(2)3;/h1-9H,10-11H2,(H,15,16,17);;(H2,1,2,3);/q;+1;;-1. The molecule has 0 saturated heterocycles. The van der Waals surface area contributed by atoms with E-state index in [1.165, 1.54) is 0 Å². The Morgan fingerprint density at radius 2 is 1.50 bits per heavy atom. The third kappa shape index (κ3) is 10.9. The number of hydrogen-bond donors (Lipinski definition) is 3. The van der Waals surface area contributed by atoms with E-state index in [9.17, 15) is 8.42 Å². The van der Waals surface area contributed by atoms with Crippen LogP contribution in [0.25, 0.3) is 0 Å². The summed E-state index contributed by atoms with van der Waals surface area (Å²) in [6.45, 7) is 0.351. The minimum Gasteiger partial charge on any atom is -1.00 e. The van der Waals surface area contributed by atoms with Crippen LogP contribution in [0.5, 0.6) is 5.75 Å². The van der Waals surface area contributed by atoms with Gasteiger partial charge < -0.3 is 6.16 Å². The van der Waals surface area contributed by atoms with Gasteiger partial charge >= 0.3 is 29.6 Å². The molecule has 7 nitrogen and oxygen atoms in total. The van der Waals surface area contributed by atoms with Gasteiger partial charge in [-0.3, -0.25) is 13.7 Å². The molecule has 0 aliphatic carbocycles. The molecule has 3 N–H and O–H groups in total. The largest absolute Gasteiger partial charge is 1.00 e. The number of ether oxygens (including phenoxy) is 1. The van der Waals surface area contributed by atoms with Gasteiger partial charge in [0.2, 0.25) is 0 Å². The Labute approximate surface area is 166 Å². The van der Waals surface area contributed by atoms with Gasteiger partial charge in [-0.15, -0.1) is 0 Å². The van der Waals surface area contributed by atoms with Crippen molar-refractivity contribution in [3.05, 3.63) is 65.7 Å². The van der Waals surface area contributed by atoms with Crippen LogP contribution in [-0.4, -0.2) is 26.3 Å². The molecule has 2 aromatic rings. The fourth-order valence-corrected chi connectivity index (χ4v) is 2.33. The first kappa shape index (κ1) is 23.2. The minimum absolute atomic E-state index is 0. The quantitative estimate of drug-likeness (QED) is 0.359. The molecule has 0 aromatic heterocycles. The molecular weight excluding hydrogens is 367 g/mol. The predicted molar refractivity (Wildman–Crippen MR) is 87.0 cm³/mol. The summed E-state index contributed by atoms with van der Waals surface area (Å²) in [5.74, 6) is 0.0156. The van der Waals surface area contributed by atoms with Crippen molar-refractivity contribution in [2.24, 2.45) is 0 Å². The molecule has 0 aliphatic rings. The van der Waals surface area contributed by atoms with Crippen molar-refractivity contribution < 1.29 is 62.0 Å². The van der Waals surface area contributed by atoms with Crippen LogP contribution in [0, 0.1) is 0 Å². The molecule has 0 heterocycles. The van der Waals surface area contributed by atoms with Crippen LogP contribution in [0.15, 0.2) is 54.6 Å². The van der Waals surface area contributed by atoms with E-state index < -0.39 is 27.2 Å². The average Bonchev–Trinajstić information content (AvgIpc) is 2.45. The van der Waals surface area contributed by atoms with Crippen molar-refractivity contribution in [1.29, 1.82) is 0 Å². The molecule has 128 valence electrons. The normalized spacial score (nSPS) is 10.3. The summed E-state index contributed by atoms with van der Waals surface area (Å²) in [6, 6.07) is 16.3.